The van der Waals surface area contributed by atoms with Crippen LogP contribution in [0.1, 0.15) is 12.8 Å². The van der Waals surface area contributed by atoms with E-state index in [1.165, 1.54) is 0 Å². The predicted molar refractivity (Wildman–Crippen MR) is 80.9 cm³/mol. The number of carbonyl (C=O) groups is 1. The smallest absolute Gasteiger partial charge is 0.260 e. The van der Waals surface area contributed by atoms with Crippen LogP contribution in [-0.2, 0) is 4.79 Å². The number of aromatic amines is 1. The molecule has 7 nitrogen and oxygen atoms in total. The average molecular weight is 287 g/mol. The second kappa shape index (κ2) is 5.08. The molecule has 0 atom stereocenters. The molecule has 1 amide bonds. The molecule has 0 saturated carbocycles. The lowest BCUT2D eigenvalue weighted by atomic mass is 9.96. The molecule has 110 valence electrons. The molecular weight excluding hydrogens is 270 g/mol. The summed E-state index contributed by atoms with van der Waals surface area (Å²) in [4.78, 5) is 32.5. The minimum atomic E-state index is -0.259. The van der Waals surface area contributed by atoms with Crippen LogP contribution in [0, 0.1) is 5.92 Å². The van der Waals surface area contributed by atoms with Gasteiger partial charge in [0.1, 0.15) is 0 Å². The van der Waals surface area contributed by atoms with Crippen molar-refractivity contribution in [1.29, 1.82) is 0 Å². The zero-order chi connectivity index (χ0) is 15.0. The van der Waals surface area contributed by atoms with Crippen LogP contribution in [0.3, 0.4) is 0 Å². The normalized spacial score (nSPS) is 16.3. The number of fused-ring (bicyclic) bond motifs is 1. The van der Waals surface area contributed by atoms with Crippen LogP contribution < -0.4 is 21.9 Å². The quantitative estimate of drug-likeness (QED) is 0.682. The van der Waals surface area contributed by atoms with Gasteiger partial charge in [0, 0.05) is 24.7 Å². The number of primary amides is 1. The molecule has 0 aliphatic carbocycles. The van der Waals surface area contributed by atoms with Crippen molar-refractivity contribution in [2.45, 2.75) is 12.8 Å². The van der Waals surface area contributed by atoms with E-state index in [1.54, 1.807) is 18.2 Å². The zero-order valence-electron chi connectivity index (χ0n) is 11.5. The third-order valence-electron chi connectivity index (χ3n) is 3.91. The average Bonchev–Trinajstić information content (AvgIpc) is 2.48. The number of nitrogens with zero attached hydrogens (tertiary/aromatic N) is 2. The van der Waals surface area contributed by atoms with Gasteiger partial charge in [0.25, 0.3) is 5.56 Å². The van der Waals surface area contributed by atoms with Gasteiger partial charge in [-0.05, 0) is 31.0 Å². The number of nitrogens with two attached hydrogens (primary N) is 2. The lowest BCUT2D eigenvalue weighted by Crippen LogP contribution is -2.39. The maximum absolute atomic E-state index is 12.1. The Morgan fingerprint density at radius 2 is 2.05 bits per heavy atom. The topological polar surface area (TPSA) is 118 Å². The van der Waals surface area contributed by atoms with Gasteiger partial charge < -0.3 is 16.4 Å². The first-order chi connectivity index (χ1) is 10.0. The number of piperidine rings is 1. The fourth-order valence-corrected chi connectivity index (χ4v) is 2.67. The number of carbonyl (C=O) groups excluding carboxylic acids is 1. The second-order valence-electron chi connectivity index (χ2n) is 5.33. The number of aromatic nitrogens is 2. The maximum atomic E-state index is 12.1. The molecule has 21 heavy (non-hydrogen) atoms. The van der Waals surface area contributed by atoms with Gasteiger partial charge in [-0.1, -0.05) is 0 Å². The molecule has 0 radical (unpaired) electrons. The molecule has 1 aromatic carbocycles. The van der Waals surface area contributed by atoms with E-state index in [0.717, 1.165) is 0 Å². The van der Waals surface area contributed by atoms with Gasteiger partial charge in [-0.25, -0.2) is 4.98 Å². The molecule has 7 heteroatoms. The van der Waals surface area contributed by atoms with Crippen molar-refractivity contribution in [1.82, 2.24) is 9.97 Å². The highest BCUT2D eigenvalue weighted by Crippen LogP contribution is 2.21. The molecule has 0 bridgehead atoms. The summed E-state index contributed by atoms with van der Waals surface area (Å²) in [5.74, 6) is 0.179. The summed E-state index contributed by atoms with van der Waals surface area (Å²) < 4.78 is 0. The van der Waals surface area contributed by atoms with E-state index >= 15 is 0 Å². The first-order valence-corrected chi connectivity index (χ1v) is 6.88. The van der Waals surface area contributed by atoms with E-state index in [9.17, 15) is 9.59 Å². The number of anilines is 2. The predicted octanol–water partition coefficient (Wildman–Crippen LogP) is 0.207. The summed E-state index contributed by atoms with van der Waals surface area (Å²) >= 11 is 0. The molecule has 1 aliphatic heterocycles. The van der Waals surface area contributed by atoms with Crippen LogP contribution in [0.2, 0.25) is 0 Å². The maximum Gasteiger partial charge on any atom is 0.260 e. The summed E-state index contributed by atoms with van der Waals surface area (Å²) in [6.45, 7) is 1.30. The van der Waals surface area contributed by atoms with Crippen molar-refractivity contribution in [3.05, 3.63) is 28.6 Å². The van der Waals surface area contributed by atoms with Crippen LogP contribution >= 0.6 is 0 Å². The molecule has 2 aromatic rings. The minimum Gasteiger partial charge on any atom is -0.399 e. The number of nitrogen functional groups attached to an aromatic ring is 1. The highest BCUT2D eigenvalue weighted by atomic mass is 16.1. The largest absolute Gasteiger partial charge is 0.399 e. The van der Waals surface area contributed by atoms with Crippen molar-refractivity contribution in [3.63, 3.8) is 0 Å². The lowest BCUT2D eigenvalue weighted by Gasteiger charge is -2.30. The van der Waals surface area contributed by atoms with Gasteiger partial charge in [-0.15, -0.1) is 0 Å². The van der Waals surface area contributed by atoms with Crippen LogP contribution in [0.15, 0.2) is 23.0 Å². The monoisotopic (exact) mass is 287 g/mol. The number of benzene rings is 1. The van der Waals surface area contributed by atoms with Crippen molar-refractivity contribution in [2.75, 3.05) is 23.7 Å². The van der Waals surface area contributed by atoms with E-state index in [1.807, 2.05) is 4.90 Å². The molecule has 1 fully saturated rings. The summed E-state index contributed by atoms with van der Waals surface area (Å²) in [6.07, 6.45) is 1.36. The van der Waals surface area contributed by atoms with Crippen LogP contribution in [0.5, 0.6) is 0 Å². The Hall–Kier alpha value is -2.57. The van der Waals surface area contributed by atoms with Gasteiger partial charge >= 0.3 is 0 Å². The Labute approximate surface area is 120 Å². The standard InChI is InChI=1S/C14H17N5O2/c15-9-1-2-11-10(7-9)13(21)18-14(17-11)19-5-3-8(4-6-19)12(16)20/h1-2,7-8H,3-6,15H2,(H2,16,20)(H,17,18,21). The Morgan fingerprint density at radius 1 is 1.33 bits per heavy atom. The van der Waals surface area contributed by atoms with Crippen molar-refractivity contribution < 1.29 is 4.79 Å². The molecule has 1 aromatic heterocycles. The summed E-state index contributed by atoms with van der Waals surface area (Å²) in [5, 5.41) is 0.478. The van der Waals surface area contributed by atoms with Gasteiger partial charge in [0.05, 0.1) is 10.9 Å². The number of hydrogen-bond donors (Lipinski definition) is 3. The Bertz CT molecular complexity index is 747. The second-order valence-corrected chi connectivity index (χ2v) is 5.33. The molecule has 0 unspecified atom stereocenters. The van der Waals surface area contributed by atoms with Crippen molar-refractivity contribution in [2.24, 2.45) is 11.7 Å². The number of nitrogens with one attached hydrogen (secondary N) is 1. The molecular formula is C14H17N5O2. The molecule has 1 aliphatic rings. The SMILES string of the molecule is NC(=O)C1CCN(c2nc3ccc(N)cc3c(=O)[nH]2)CC1. The highest BCUT2D eigenvalue weighted by Gasteiger charge is 2.24. The fraction of sp³-hybridized carbons (Fsp3) is 0.357. The summed E-state index contributed by atoms with van der Waals surface area (Å²) in [7, 11) is 0. The molecule has 2 heterocycles. The Kier molecular flexibility index (Phi) is 3.25. The Balaban J connectivity index is 1.90. The van der Waals surface area contributed by atoms with Crippen LogP contribution in [0.4, 0.5) is 11.6 Å². The molecule has 5 N–H and O–H groups in total. The number of hydrogen-bond acceptors (Lipinski definition) is 5. The van der Waals surface area contributed by atoms with Crippen molar-refractivity contribution >= 4 is 28.4 Å². The number of H-pyrrole nitrogens is 1. The van der Waals surface area contributed by atoms with Crippen LogP contribution in [0.25, 0.3) is 10.9 Å². The highest BCUT2D eigenvalue weighted by molar-refractivity contribution is 5.82. The van der Waals surface area contributed by atoms with Gasteiger partial charge in [0.15, 0.2) is 0 Å². The molecule has 0 spiro atoms. The first-order valence-electron chi connectivity index (χ1n) is 6.88. The molecule has 1 saturated heterocycles. The van der Waals surface area contributed by atoms with Crippen molar-refractivity contribution in [3.8, 4) is 0 Å². The third-order valence-corrected chi connectivity index (χ3v) is 3.91. The number of amides is 1. The van der Waals surface area contributed by atoms with Gasteiger partial charge in [-0.2, -0.15) is 0 Å². The fourth-order valence-electron chi connectivity index (χ4n) is 2.67. The van der Waals surface area contributed by atoms with Crippen LogP contribution in [-0.4, -0.2) is 29.0 Å². The minimum absolute atomic E-state index is 0.0896. The summed E-state index contributed by atoms with van der Waals surface area (Å²) in [5.41, 5.74) is 11.9. The first kappa shape index (κ1) is 13.4. The van der Waals surface area contributed by atoms with E-state index < -0.39 is 0 Å². The van der Waals surface area contributed by atoms with E-state index in [4.69, 9.17) is 11.5 Å². The zero-order valence-corrected chi connectivity index (χ0v) is 11.5. The lowest BCUT2D eigenvalue weighted by molar-refractivity contribution is -0.122. The summed E-state index contributed by atoms with van der Waals surface area (Å²) in [6, 6.07) is 5.07. The molecule has 3 rings (SSSR count). The van der Waals surface area contributed by atoms with Gasteiger partial charge in [0.2, 0.25) is 11.9 Å². The third kappa shape index (κ3) is 2.54. The number of rotatable bonds is 2. The van der Waals surface area contributed by atoms with Gasteiger partial charge in [-0.3, -0.25) is 14.6 Å². The van der Waals surface area contributed by atoms with E-state index in [2.05, 4.69) is 9.97 Å². The van der Waals surface area contributed by atoms with E-state index in [-0.39, 0.29) is 17.4 Å². The van der Waals surface area contributed by atoms with E-state index in [0.29, 0.717) is 48.5 Å². The Morgan fingerprint density at radius 3 is 2.71 bits per heavy atom.